The molecule has 0 atom stereocenters. The summed E-state index contributed by atoms with van der Waals surface area (Å²) in [6.07, 6.45) is 2.78. The molecule has 2 rings (SSSR count). The van der Waals surface area contributed by atoms with Crippen LogP contribution in [0.3, 0.4) is 0 Å². The second kappa shape index (κ2) is 5.65. The highest BCUT2D eigenvalue weighted by Gasteiger charge is 2.35. The highest BCUT2D eigenvalue weighted by atomic mass is 32.2. The van der Waals surface area contributed by atoms with Crippen molar-refractivity contribution in [2.45, 2.75) is 30.9 Å². The molecule has 0 radical (unpaired) electrons. The normalized spacial score (nSPS) is 26.2. The van der Waals surface area contributed by atoms with Crippen LogP contribution in [-0.4, -0.2) is 56.0 Å². The Morgan fingerprint density at radius 2 is 1.71 bits per heavy atom. The molecule has 17 heavy (non-hydrogen) atoms. The predicted molar refractivity (Wildman–Crippen MR) is 64.1 cm³/mol. The van der Waals surface area contributed by atoms with Crippen LogP contribution in [0.1, 0.15) is 25.7 Å². The summed E-state index contributed by atoms with van der Waals surface area (Å²) in [5.41, 5.74) is 0. The van der Waals surface area contributed by atoms with Gasteiger partial charge in [0.2, 0.25) is 10.0 Å². The van der Waals surface area contributed by atoms with E-state index in [9.17, 15) is 8.42 Å². The fourth-order valence-electron chi connectivity index (χ4n) is 2.53. The number of aliphatic hydroxyl groups is 1. The predicted octanol–water partition coefficient (Wildman–Crippen LogP) is 0.200. The standard InChI is InChI=1S/C11H21NO4S/c13-9-10-1-5-12(6-2-10)17(14,15)11-3-7-16-8-4-11/h10-11,13H,1-9H2. The molecule has 6 heteroatoms. The molecule has 2 aliphatic rings. The van der Waals surface area contributed by atoms with Gasteiger partial charge in [0.25, 0.3) is 0 Å². The zero-order valence-corrected chi connectivity index (χ0v) is 10.9. The molecule has 100 valence electrons. The Kier molecular flexibility index (Phi) is 4.41. The summed E-state index contributed by atoms with van der Waals surface area (Å²) in [6, 6.07) is 0. The highest BCUT2D eigenvalue weighted by molar-refractivity contribution is 7.89. The Morgan fingerprint density at radius 1 is 1.12 bits per heavy atom. The van der Waals surface area contributed by atoms with Crippen LogP contribution < -0.4 is 0 Å². The van der Waals surface area contributed by atoms with Crippen LogP contribution in [0.5, 0.6) is 0 Å². The van der Waals surface area contributed by atoms with E-state index in [-0.39, 0.29) is 17.8 Å². The fraction of sp³-hybridized carbons (Fsp3) is 1.00. The van der Waals surface area contributed by atoms with Gasteiger partial charge >= 0.3 is 0 Å². The number of nitrogens with zero attached hydrogens (tertiary/aromatic N) is 1. The Hall–Kier alpha value is -0.170. The van der Waals surface area contributed by atoms with Crippen molar-refractivity contribution >= 4 is 10.0 Å². The number of piperidine rings is 1. The van der Waals surface area contributed by atoms with E-state index in [1.54, 1.807) is 4.31 Å². The monoisotopic (exact) mass is 263 g/mol. The molecule has 0 saturated carbocycles. The van der Waals surface area contributed by atoms with Gasteiger partial charge in [0.1, 0.15) is 0 Å². The summed E-state index contributed by atoms with van der Waals surface area (Å²) >= 11 is 0. The van der Waals surface area contributed by atoms with Gasteiger partial charge in [0.15, 0.2) is 0 Å². The Morgan fingerprint density at radius 3 is 2.24 bits per heavy atom. The number of rotatable bonds is 3. The number of hydrogen-bond donors (Lipinski definition) is 1. The van der Waals surface area contributed by atoms with Gasteiger partial charge in [-0.25, -0.2) is 12.7 Å². The zero-order chi connectivity index (χ0) is 12.3. The highest BCUT2D eigenvalue weighted by Crippen LogP contribution is 2.25. The molecule has 5 nitrogen and oxygen atoms in total. The van der Waals surface area contributed by atoms with Crippen LogP contribution in [-0.2, 0) is 14.8 Å². The van der Waals surface area contributed by atoms with Crippen molar-refractivity contribution in [2.24, 2.45) is 5.92 Å². The summed E-state index contributed by atoms with van der Waals surface area (Å²) in [7, 11) is -3.15. The molecule has 0 unspecified atom stereocenters. The Labute approximate surface area is 103 Å². The Balaban J connectivity index is 1.96. The number of ether oxygens (including phenoxy) is 1. The maximum atomic E-state index is 12.3. The van der Waals surface area contributed by atoms with Crippen LogP contribution in [0.15, 0.2) is 0 Å². The first-order valence-corrected chi connectivity index (χ1v) is 7.82. The molecule has 0 spiro atoms. The third-order valence-electron chi connectivity index (χ3n) is 3.78. The third-order valence-corrected chi connectivity index (χ3v) is 6.18. The summed E-state index contributed by atoms with van der Waals surface area (Å²) in [6.45, 7) is 2.40. The summed E-state index contributed by atoms with van der Waals surface area (Å²) in [4.78, 5) is 0. The van der Waals surface area contributed by atoms with E-state index in [1.807, 2.05) is 0 Å². The van der Waals surface area contributed by atoms with Crippen molar-refractivity contribution in [2.75, 3.05) is 32.9 Å². The minimum Gasteiger partial charge on any atom is -0.396 e. The van der Waals surface area contributed by atoms with E-state index in [0.29, 0.717) is 39.1 Å². The Bertz CT molecular complexity index is 329. The molecule has 2 aliphatic heterocycles. The largest absolute Gasteiger partial charge is 0.396 e. The molecule has 0 aliphatic carbocycles. The maximum absolute atomic E-state index is 12.3. The van der Waals surface area contributed by atoms with Gasteiger partial charge in [0, 0.05) is 32.9 Å². The molecule has 0 aromatic rings. The summed E-state index contributed by atoms with van der Waals surface area (Å²) < 4.78 is 31.5. The number of hydrogen-bond acceptors (Lipinski definition) is 4. The average molecular weight is 263 g/mol. The SMILES string of the molecule is O=S(=O)(C1CCOCC1)N1CCC(CO)CC1. The minimum absolute atomic E-state index is 0.172. The zero-order valence-electron chi connectivity index (χ0n) is 10.0. The third kappa shape index (κ3) is 2.99. The van der Waals surface area contributed by atoms with Crippen molar-refractivity contribution in [3.63, 3.8) is 0 Å². The van der Waals surface area contributed by atoms with Crippen molar-refractivity contribution < 1.29 is 18.3 Å². The van der Waals surface area contributed by atoms with E-state index in [0.717, 1.165) is 12.8 Å². The number of sulfonamides is 1. The van der Waals surface area contributed by atoms with Gasteiger partial charge in [-0.1, -0.05) is 0 Å². The van der Waals surface area contributed by atoms with Gasteiger partial charge < -0.3 is 9.84 Å². The van der Waals surface area contributed by atoms with Crippen LogP contribution >= 0.6 is 0 Å². The van der Waals surface area contributed by atoms with Crippen LogP contribution in [0.25, 0.3) is 0 Å². The lowest BCUT2D eigenvalue weighted by Crippen LogP contribution is -2.45. The van der Waals surface area contributed by atoms with E-state index >= 15 is 0 Å². The van der Waals surface area contributed by atoms with Gasteiger partial charge in [0.05, 0.1) is 5.25 Å². The molecule has 2 fully saturated rings. The minimum atomic E-state index is -3.15. The first kappa shape index (κ1) is 13.3. The van der Waals surface area contributed by atoms with Crippen molar-refractivity contribution in [1.29, 1.82) is 0 Å². The second-order valence-electron chi connectivity index (χ2n) is 4.88. The topological polar surface area (TPSA) is 66.8 Å². The van der Waals surface area contributed by atoms with Gasteiger partial charge in [-0.3, -0.25) is 0 Å². The molecule has 0 amide bonds. The molecular weight excluding hydrogens is 242 g/mol. The lowest BCUT2D eigenvalue weighted by Gasteiger charge is -2.34. The molecule has 0 bridgehead atoms. The first-order valence-electron chi connectivity index (χ1n) is 6.32. The fourth-order valence-corrected chi connectivity index (χ4v) is 4.46. The lowest BCUT2D eigenvalue weighted by atomic mass is 10.00. The smallest absolute Gasteiger partial charge is 0.217 e. The van der Waals surface area contributed by atoms with E-state index < -0.39 is 10.0 Å². The average Bonchev–Trinajstić information content (AvgIpc) is 2.40. The molecule has 1 N–H and O–H groups in total. The number of aliphatic hydroxyl groups excluding tert-OH is 1. The maximum Gasteiger partial charge on any atom is 0.217 e. The lowest BCUT2D eigenvalue weighted by molar-refractivity contribution is 0.0964. The molecular formula is C11H21NO4S. The van der Waals surface area contributed by atoms with E-state index in [2.05, 4.69) is 0 Å². The van der Waals surface area contributed by atoms with Gasteiger partial charge in [-0.2, -0.15) is 0 Å². The first-order chi connectivity index (χ1) is 8.14. The van der Waals surface area contributed by atoms with E-state index in [4.69, 9.17) is 9.84 Å². The van der Waals surface area contributed by atoms with E-state index in [1.165, 1.54) is 0 Å². The van der Waals surface area contributed by atoms with Crippen molar-refractivity contribution in [1.82, 2.24) is 4.31 Å². The summed E-state index contributed by atoms with van der Waals surface area (Å²) in [5.74, 6) is 0.274. The molecule has 0 aromatic heterocycles. The van der Waals surface area contributed by atoms with Crippen LogP contribution in [0.4, 0.5) is 0 Å². The second-order valence-corrected chi connectivity index (χ2v) is 7.09. The van der Waals surface area contributed by atoms with Crippen molar-refractivity contribution in [3.8, 4) is 0 Å². The molecule has 2 heterocycles. The van der Waals surface area contributed by atoms with Crippen LogP contribution in [0, 0.1) is 5.92 Å². The summed E-state index contributed by atoms with van der Waals surface area (Å²) in [5, 5.41) is 8.78. The quantitative estimate of drug-likeness (QED) is 0.790. The molecule has 2 saturated heterocycles. The van der Waals surface area contributed by atoms with Crippen molar-refractivity contribution in [3.05, 3.63) is 0 Å². The van der Waals surface area contributed by atoms with Gasteiger partial charge in [-0.05, 0) is 31.6 Å². The van der Waals surface area contributed by atoms with Crippen LogP contribution in [0.2, 0.25) is 0 Å². The van der Waals surface area contributed by atoms with Gasteiger partial charge in [-0.15, -0.1) is 0 Å². The molecule has 0 aromatic carbocycles.